The minimum absolute atomic E-state index is 0.0217. The number of nitrogens with zero attached hydrogens (tertiary/aromatic N) is 3. The largest absolute Gasteiger partial charge is 0.497 e. The van der Waals surface area contributed by atoms with Crippen LogP contribution < -0.4 is 20.3 Å². The number of anilines is 1. The van der Waals surface area contributed by atoms with E-state index in [1.165, 1.54) is 13.4 Å². The molecule has 0 spiro atoms. The Morgan fingerprint density at radius 1 is 0.962 bits per heavy atom. The Balaban J connectivity index is 1.82. The fourth-order valence-electron chi connectivity index (χ4n) is 7.05. The van der Waals surface area contributed by atoms with Crippen LogP contribution in [-0.2, 0) is 30.1 Å². The predicted molar refractivity (Wildman–Crippen MR) is 191 cm³/mol. The summed E-state index contributed by atoms with van der Waals surface area (Å²) < 4.78 is 31.7. The number of methoxy groups -OCH3 is 3. The molecule has 4 atom stereocenters. The maximum Gasteiger partial charge on any atom is 0.280 e. The molecular formula is C38H43N5O9. The lowest BCUT2D eigenvalue weighted by molar-refractivity contribution is -0.190. The Kier molecular flexibility index (Phi) is 10.7. The lowest BCUT2D eigenvalue weighted by atomic mass is 9.60. The number of fused-ring (bicyclic) bond motifs is 1. The molecule has 14 nitrogen and oxygen atoms in total. The van der Waals surface area contributed by atoms with Gasteiger partial charge in [-0.15, -0.1) is 0 Å². The molecule has 1 amide bonds. The van der Waals surface area contributed by atoms with E-state index in [4.69, 9.17) is 28.7 Å². The van der Waals surface area contributed by atoms with Crippen molar-refractivity contribution in [2.45, 2.75) is 43.3 Å². The van der Waals surface area contributed by atoms with Gasteiger partial charge in [0.05, 0.1) is 45.8 Å². The SMILES string of the molecule is COCCO[C@@H]1[C@H](O)[C@@H](CO)O[C@]1(n1cnc2c(=O)[nH]c(NC(=O)C(C)C)nc21)C(c1ccccc1)(c1ccc(OC)cc1)c1ccc(OC)cc1. The van der Waals surface area contributed by atoms with Crippen LogP contribution >= 0.6 is 0 Å². The Bertz CT molecular complexity index is 1990. The minimum atomic E-state index is -1.91. The van der Waals surface area contributed by atoms with E-state index in [1.54, 1.807) is 32.6 Å². The average molecular weight is 714 g/mol. The van der Waals surface area contributed by atoms with Crippen molar-refractivity contribution in [1.29, 1.82) is 0 Å². The van der Waals surface area contributed by atoms with Gasteiger partial charge in [0.15, 0.2) is 16.9 Å². The van der Waals surface area contributed by atoms with Crippen LogP contribution in [-0.4, -0.2) is 95.1 Å². The van der Waals surface area contributed by atoms with E-state index >= 15 is 0 Å². The number of carbonyl (C=O) groups is 1. The van der Waals surface area contributed by atoms with Gasteiger partial charge in [-0.2, -0.15) is 4.98 Å². The summed E-state index contributed by atoms with van der Waals surface area (Å²) in [5.41, 5.74) is -2.03. The van der Waals surface area contributed by atoms with E-state index in [0.29, 0.717) is 28.2 Å². The number of hydrogen-bond donors (Lipinski definition) is 4. The Morgan fingerprint density at radius 3 is 2.10 bits per heavy atom. The van der Waals surface area contributed by atoms with Crippen molar-refractivity contribution in [3.05, 3.63) is 112 Å². The van der Waals surface area contributed by atoms with Crippen LogP contribution in [0.4, 0.5) is 5.95 Å². The van der Waals surface area contributed by atoms with Gasteiger partial charge in [-0.25, -0.2) is 4.98 Å². The highest BCUT2D eigenvalue weighted by Gasteiger charge is 2.69. The first kappa shape index (κ1) is 36.7. The second-order valence-electron chi connectivity index (χ2n) is 12.7. The maximum absolute atomic E-state index is 13.6. The third-order valence-corrected chi connectivity index (χ3v) is 9.49. The highest BCUT2D eigenvalue weighted by atomic mass is 16.6. The molecule has 1 fully saturated rings. The second kappa shape index (κ2) is 15.2. The van der Waals surface area contributed by atoms with Crippen LogP contribution in [0.5, 0.6) is 11.5 Å². The van der Waals surface area contributed by atoms with E-state index in [2.05, 4.69) is 15.3 Å². The third-order valence-electron chi connectivity index (χ3n) is 9.49. The van der Waals surface area contributed by atoms with Crippen molar-refractivity contribution < 1.29 is 38.7 Å². The number of nitrogens with one attached hydrogen (secondary N) is 2. The van der Waals surface area contributed by atoms with Crippen molar-refractivity contribution in [2.24, 2.45) is 5.92 Å². The van der Waals surface area contributed by atoms with E-state index in [-0.39, 0.29) is 36.2 Å². The van der Waals surface area contributed by atoms with Crippen LogP contribution in [0.15, 0.2) is 90.0 Å². The zero-order valence-corrected chi connectivity index (χ0v) is 29.6. The summed E-state index contributed by atoms with van der Waals surface area (Å²) >= 11 is 0. The molecule has 0 unspecified atom stereocenters. The first-order chi connectivity index (χ1) is 25.2. The number of aromatic nitrogens is 4. The van der Waals surface area contributed by atoms with Crippen LogP contribution in [0, 0.1) is 5.92 Å². The van der Waals surface area contributed by atoms with E-state index in [9.17, 15) is 19.8 Å². The van der Waals surface area contributed by atoms with Gasteiger partial charge in [0.25, 0.3) is 5.56 Å². The summed E-state index contributed by atoms with van der Waals surface area (Å²) in [5.74, 6) is 0.295. The number of aliphatic hydroxyl groups is 2. The van der Waals surface area contributed by atoms with Gasteiger partial charge < -0.3 is 33.9 Å². The topological polar surface area (TPSA) is 179 Å². The quantitative estimate of drug-likeness (QED) is 0.0981. The molecule has 0 bridgehead atoms. The van der Waals surface area contributed by atoms with Crippen LogP contribution in [0.3, 0.4) is 0 Å². The zero-order chi connectivity index (χ0) is 37.0. The van der Waals surface area contributed by atoms with Gasteiger partial charge in [0.1, 0.15) is 29.8 Å². The number of aromatic amines is 1. The molecule has 14 heteroatoms. The monoisotopic (exact) mass is 713 g/mol. The summed E-state index contributed by atoms with van der Waals surface area (Å²) in [7, 11) is 4.68. The Labute approximate surface area is 300 Å². The number of benzene rings is 3. The molecule has 2 aromatic heterocycles. The van der Waals surface area contributed by atoms with Crippen LogP contribution in [0.25, 0.3) is 11.2 Å². The fourth-order valence-corrected chi connectivity index (χ4v) is 7.05. The highest BCUT2D eigenvalue weighted by Crippen LogP contribution is 2.58. The molecule has 274 valence electrons. The molecule has 0 aliphatic carbocycles. The van der Waals surface area contributed by atoms with Crippen LogP contribution in [0.1, 0.15) is 30.5 Å². The number of imidazole rings is 1. The van der Waals surface area contributed by atoms with Gasteiger partial charge >= 0.3 is 0 Å². The minimum Gasteiger partial charge on any atom is -0.497 e. The van der Waals surface area contributed by atoms with Gasteiger partial charge in [-0.1, -0.05) is 68.4 Å². The molecule has 6 rings (SSSR count). The molecule has 3 aromatic carbocycles. The van der Waals surface area contributed by atoms with Crippen molar-refractivity contribution in [3.8, 4) is 11.5 Å². The smallest absolute Gasteiger partial charge is 0.280 e. The molecule has 1 saturated heterocycles. The summed E-state index contributed by atoms with van der Waals surface area (Å²) in [5, 5.41) is 25.6. The van der Waals surface area contributed by atoms with Crippen molar-refractivity contribution in [1.82, 2.24) is 19.5 Å². The molecule has 0 saturated carbocycles. The fraction of sp³-hybridized carbons (Fsp3) is 0.368. The number of carbonyl (C=O) groups excluding carboxylic acids is 1. The summed E-state index contributed by atoms with van der Waals surface area (Å²) in [6.07, 6.45) is -2.46. The zero-order valence-electron chi connectivity index (χ0n) is 29.6. The molecule has 52 heavy (non-hydrogen) atoms. The number of amides is 1. The first-order valence-corrected chi connectivity index (χ1v) is 16.9. The number of H-pyrrole nitrogens is 1. The molecule has 1 aliphatic heterocycles. The number of hydrogen-bond acceptors (Lipinski definition) is 11. The third kappa shape index (κ3) is 6.11. The Hall–Kier alpha value is -5.12. The number of rotatable bonds is 14. The highest BCUT2D eigenvalue weighted by molar-refractivity contribution is 5.91. The van der Waals surface area contributed by atoms with E-state index in [1.807, 2.05) is 78.9 Å². The number of aliphatic hydroxyl groups excluding tert-OH is 2. The summed E-state index contributed by atoms with van der Waals surface area (Å²) in [6, 6.07) is 24.3. The normalized spacial score (nSPS) is 20.3. The molecule has 3 heterocycles. The molecule has 0 radical (unpaired) electrons. The van der Waals surface area contributed by atoms with E-state index in [0.717, 1.165) is 0 Å². The summed E-state index contributed by atoms with van der Waals surface area (Å²) in [4.78, 5) is 38.3. The lowest BCUT2D eigenvalue weighted by Crippen LogP contribution is -2.62. The van der Waals surface area contributed by atoms with Crippen molar-refractivity contribution >= 4 is 23.0 Å². The first-order valence-electron chi connectivity index (χ1n) is 16.9. The van der Waals surface area contributed by atoms with Crippen molar-refractivity contribution in [2.75, 3.05) is 46.5 Å². The number of ether oxygens (including phenoxy) is 5. The van der Waals surface area contributed by atoms with Crippen molar-refractivity contribution in [3.63, 3.8) is 0 Å². The molecule has 1 aliphatic rings. The summed E-state index contributed by atoms with van der Waals surface area (Å²) in [6.45, 7) is 3.04. The molecule has 5 aromatic rings. The van der Waals surface area contributed by atoms with Gasteiger partial charge in [-0.05, 0) is 41.0 Å². The van der Waals surface area contributed by atoms with Gasteiger partial charge in [0.2, 0.25) is 11.9 Å². The Morgan fingerprint density at radius 2 is 1.56 bits per heavy atom. The second-order valence-corrected chi connectivity index (χ2v) is 12.7. The van der Waals surface area contributed by atoms with Gasteiger partial charge in [0, 0.05) is 13.0 Å². The maximum atomic E-state index is 13.6. The lowest BCUT2D eigenvalue weighted by Gasteiger charge is -2.52. The van der Waals surface area contributed by atoms with E-state index < -0.39 is 47.5 Å². The molecule has 4 N–H and O–H groups in total. The van der Waals surface area contributed by atoms with Crippen LogP contribution in [0.2, 0.25) is 0 Å². The molecular weight excluding hydrogens is 670 g/mol. The van der Waals surface area contributed by atoms with Gasteiger partial charge in [-0.3, -0.25) is 24.5 Å². The predicted octanol–water partition coefficient (Wildman–Crippen LogP) is 3.20. The average Bonchev–Trinajstić information content (AvgIpc) is 3.72. The standard InChI is InChI=1S/C38H43N5O9/c1-23(2)34(46)41-36-40-33-30(35(47)42-36)39-22-43(33)38(32(51-20-19-48-3)31(45)29(21-44)52-38)37(24-9-7-6-8-10-24,25-11-15-27(49-4)16-12-25)26-13-17-28(50-5)18-14-26/h6-18,22-23,29,31-32,44-45H,19-21H2,1-5H3,(H2,40,41,42,46,47)/t29-,31-,32-,38+/m1/s1.